The lowest BCUT2D eigenvalue weighted by atomic mass is 9.84. The van der Waals surface area contributed by atoms with Gasteiger partial charge in [0.15, 0.2) is 0 Å². The molecule has 40 heavy (non-hydrogen) atoms. The molecule has 1 aliphatic rings. The molecule has 4 aromatic rings. The maximum absolute atomic E-state index is 12.6. The molecule has 0 amide bonds. The number of sulfonamides is 1. The fraction of sp³-hybridized carbons (Fsp3) is 0.290. The molecular weight excluding hydrogens is 542 g/mol. The highest BCUT2D eigenvalue weighted by Gasteiger charge is 2.17. The summed E-state index contributed by atoms with van der Waals surface area (Å²) >= 11 is 1.38. The molecular formula is C31H33N3O4S2. The van der Waals surface area contributed by atoms with Crippen molar-refractivity contribution in [1.29, 1.82) is 0 Å². The maximum atomic E-state index is 12.6. The highest BCUT2D eigenvalue weighted by atomic mass is 32.2. The number of nitrogens with zero attached hydrogens (tertiary/aromatic N) is 1. The molecule has 208 valence electrons. The Hall–Kier alpha value is -3.53. The SMILES string of the molecule is O=C(O)c1ccc(S(=O)(=O)NCc2nc(-c3ccc(NCCc4ccc(C5CCCCC5)cc4)cc3)cs2)cc1. The molecule has 0 radical (unpaired) electrons. The van der Waals surface area contributed by atoms with Crippen molar-refractivity contribution in [2.24, 2.45) is 0 Å². The van der Waals surface area contributed by atoms with E-state index in [4.69, 9.17) is 5.11 Å². The van der Waals surface area contributed by atoms with Crippen LogP contribution < -0.4 is 10.0 Å². The Bertz CT molecular complexity index is 1520. The van der Waals surface area contributed by atoms with Crippen LogP contribution >= 0.6 is 11.3 Å². The van der Waals surface area contributed by atoms with Crippen LogP contribution in [0.1, 0.15) is 64.5 Å². The van der Waals surface area contributed by atoms with Crippen LogP contribution in [0.5, 0.6) is 0 Å². The third-order valence-corrected chi connectivity index (χ3v) is 9.62. The normalized spacial score (nSPS) is 14.2. The first-order valence-electron chi connectivity index (χ1n) is 13.6. The second-order valence-electron chi connectivity index (χ2n) is 10.1. The molecule has 5 rings (SSSR count). The highest BCUT2D eigenvalue weighted by Crippen LogP contribution is 2.32. The Morgan fingerprint density at radius 2 is 1.62 bits per heavy atom. The zero-order chi connectivity index (χ0) is 28.0. The fourth-order valence-corrected chi connectivity index (χ4v) is 6.87. The van der Waals surface area contributed by atoms with Gasteiger partial charge in [-0.05, 0) is 72.7 Å². The summed E-state index contributed by atoms with van der Waals surface area (Å²) in [5.41, 5.74) is 5.64. The van der Waals surface area contributed by atoms with Crippen LogP contribution in [0.3, 0.4) is 0 Å². The minimum atomic E-state index is -3.78. The highest BCUT2D eigenvalue weighted by molar-refractivity contribution is 7.89. The van der Waals surface area contributed by atoms with E-state index in [9.17, 15) is 13.2 Å². The minimum absolute atomic E-state index is 0.00818. The number of carboxylic acid groups (broad SMARTS) is 1. The second kappa shape index (κ2) is 12.8. The monoisotopic (exact) mass is 575 g/mol. The molecule has 0 atom stereocenters. The second-order valence-corrected chi connectivity index (χ2v) is 12.8. The molecule has 1 heterocycles. The van der Waals surface area contributed by atoms with Crippen molar-refractivity contribution in [3.05, 3.63) is 99.9 Å². The summed E-state index contributed by atoms with van der Waals surface area (Å²) < 4.78 is 27.7. The summed E-state index contributed by atoms with van der Waals surface area (Å²) in [7, 11) is -3.78. The van der Waals surface area contributed by atoms with Gasteiger partial charge in [-0.3, -0.25) is 0 Å². The predicted molar refractivity (Wildman–Crippen MR) is 159 cm³/mol. The lowest BCUT2D eigenvalue weighted by Gasteiger charge is -2.22. The summed E-state index contributed by atoms with van der Waals surface area (Å²) in [6, 6.07) is 22.3. The third-order valence-electron chi connectivity index (χ3n) is 7.36. The van der Waals surface area contributed by atoms with Gasteiger partial charge in [0.05, 0.1) is 22.7 Å². The number of carboxylic acids is 1. The van der Waals surface area contributed by atoms with Gasteiger partial charge < -0.3 is 10.4 Å². The van der Waals surface area contributed by atoms with E-state index in [2.05, 4.69) is 39.3 Å². The van der Waals surface area contributed by atoms with Crippen LogP contribution in [0, 0.1) is 0 Å². The zero-order valence-electron chi connectivity index (χ0n) is 22.2. The minimum Gasteiger partial charge on any atom is -0.478 e. The van der Waals surface area contributed by atoms with E-state index in [0.717, 1.165) is 35.8 Å². The topological polar surface area (TPSA) is 108 Å². The lowest BCUT2D eigenvalue weighted by molar-refractivity contribution is 0.0696. The molecule has 3 aromatic carbocycles. The summed E-state index contributed by atoms with van der Waals surface area (Å²) in [5.74, 6) is -0.367. The van der Waals surface area contributed by atoms with Crippen LogP contribution in [-0.4, -0.2) is 31.0 Å². The number of aromatic nitrogens is 1. The van der Waals surface area contributed by atoms with Crippen molar-refractivity contribution in [2.45, 2.75) is 55.9 Å². The molecule has 1 saturated carbocycles. The number of thiazole rings is 1. The van der Waals surface area contributed by atoms with Crippen LogP contribution in [0.25, 0.3) is 11.3 Å². The van der Waals surface area contributed by atoms with Crippen molar-refractivity contribution >= 4 is 33.0 Å². The van der Waals surface area contributed by atoms with Crippen LogP contribution in [0.4, 0.5) is 5.69 Å². The van der Waals surface area contributed by atoms with Gasteiger partial charge in [-0.15, -0.1) is 11.3 Å². The van der Waals surface area contributed by atoms with Gasteiger partial charge in [0, 0.05) is 23.2 Å². The molecule has 0 spiro atoms. The molecule has 7 nitrogen and oxygen atoms in total. The van der Waals surface area contributed by atoms with E-state index in [1.807, 2.05) is 29.6 Å². The number of nitrogens with one attached hydrogen (secondary N) is 2. The van der Waals surface area contributed by atoms with E-state index >= 15 is 0 Å². The number of anilines is 1. The first kappa shape index (κ1) is 28.0. The summed E-state index contributed by atoms with van der Waals surface area (Å²) in [6.45, 7) is 0.900. The van der Waals surface area contributed by atoms with Crippen molar-refractivity contribution in [3.63, 3.8) is 0 Å². The summed E-state index contributed by atoms with van der Waals surface area (Å²) in [4.78, 5) is 15.6. The zero-order valence-corrected chi connectivity index (χ0v) is 23.8. The van der Waals surface area contributed by atoms with Crippen molar-refractivity contribution in [2.75, 3.05) is 11.9 Å². The van der Waals surface area contributed by atoms with Crippen LogP contribution in [0.15, 0.2) is 83.1 Å². The van der Waals surface area contributed by atoms with E-state index < -0.39 is 16.0 Å². The Kier molecular flexibility index (Phi) is 8.94. The van der Waals surface area contributed by atoms with E-state index in [0.29, 0.717) is 5.01 Å². The third kappa shape index (κ3) is 7.15. The number of rotatable bonds is 11. The molecule has 0 unspecified atom stereocenters. The number of carbonyl (C=O) groups is 1. The van der Waals surface area contributed by atoms with Gasteiger partial charge >= 0.3 is 5.97 Å². The van der Waals surface area contributed by atoms with Gasteiger partial charge in [0.2, 0.25) is 10.0 Å². The first-order valence-corrected chi connectivity index (χ1v) is 15.9. The molecule has 1 aliphatic carbocycles. The van der Waals surface area contributed by atoms with E-state index in [1.165, 1.54) is 78.8 Å². The van der Waals surface area contributed by atoms with Crippen molar-refractivity contribution in [3.8, 4) is 11.3 Å². The average Bonchev–Trinajstić information content (AvgIpc) is 3.47. The van der Waals surface area contributed by atoms with E-state index in [-0.39, 0.29) is 17.0 Å². The van der Waals surface area contributed by atoms with Crippen LogP contribution in [0.2, 0.25) is 0 Å². The number of hydrogen-bond acceptors (Lipinski definition) is 6. The molecule has 0 bridgehead atoms. The Morgan fingerprint density at radius 3 is 2.30 bits per heavy atom. The molecule has 0 saturated heterocycles. The maximum Gasteiger partial charge on any atom is 0.335 e. The van der Waals surface area contributed by atoms with E-state index in [1.54, 1.807) is 0 Å². The molecule has 1 aromatic heterocycles. The largest absolute Gasteiger partial charge is 0.478 e. The molecule has 3 N–H and O–H groups in total. The molecule has 0 aliphatic heterocycles. The Balaban J connectivity index is 1.10. The van der Waals surface area contributed by atoms with Gasteiger partial charge in [0.1, 0.15) is 5.01 Å². The standard InChI is InChI=1S/C31H33N3O4S2/c35-31(36)26-12-16-28(17-13-26)40(37,38)33-20-30-34-29(21-39-30)25-10-14-27(15-11-25)32-19-18-22-6-8-24(9-7-22)23-4-2-1-3-5-23/h6-17,21,23,32-33H,1-5,18-20H2,(H,35,36). The number of benzene rings is 3. The fourth-order valence-electron chi connectivity index (χ4n) is 5.04. The van der Waals surface area contributed by atoms with Crippen LogP contribution in [-0.2, 0) is 23.0 Å². The van der Waals surface area contributed by atoms with Gasteiger partial charge in [-0.25, -0.2) is 22.9 Å². The summed E-state index contributed by atoms with van der Waals surface area (Å²) in [5, 5.41) is 15.0. The lowest BCUT2D eigenvalue weighted by Crippen LogP contribution is -2.23. The molecule has 9 heteroatoms. The number of hydrogen-bond donors (Lipinski definition) is 3. The number of aromatic carboxylic acids is 1. The van der Waals surface area contributed by atoms with Gasteiger partial charge in [-0.1, -0.05) is 55.7 Å². The smallest absolute Gasteiger partial charge is 0.335 e. The average molecular weight is 576 g/mol. The van der Waals surface area contributed by atoms with Gasteiger partial charge in [-0.2, -0.15) is 0 Å². The quantitative estimate of drug-likeness (QED) is 0.184. The van der Waals surface area contributed by atoms with Gasteiger partial charge in [0.25, 0.3) is 0 Å². The predicted octanol–water partition coefficient (Wildman–Crippen LogP) is 6.69. The Morgan fingerprint density at radius 1 is 0.925 bits per heavy atom. The Labute approximate surface area is 239 Å². The molecule has 1 fully saturated rings. The summed E-state index contributed by atoms with van der Waals surface area (Å²) in [6.07, 6.45) is 7.70. The van der Waals surface area contributed by atoms with Crippen molar-refractivity contribution < 1.29 is 18.3 Å². The first-order chi connectivity index (χ1) is 19.4. The van der Waals surface area contributed by atoms with Crippen molar-refractivity contribution in [1.82, 2.24) is 9.71 Å².